The van der Waals surface area contributed by atoms with Gasteiger partial charge in [0, 0.05) is 32.1 Å². The Balaban J connectivity index is 1.38. The minimum atomic E-state index is -3.19. The van der Waals surface area contributed by atoms with E-state index in [2.05, 4.69) is 0 Å². The maximum Gasteiger partial charge on any atom is 0.267 e. The third-order valence-corrected chi connectivity index (χ3v) is 10.1. The first-order chi connectivity index (χ1) is 17.3. The number of hydrogen-bond acceptors (Lipinski definition) is 10. The molecule has 4 aliphatic heterocycles. The quantitative estimate of drug-likeness (QED) is 0.413. The van der Waals surface area contributed by atoms with Crippen molar-refractivity contribution in [2.75, 3.05) is 42.7 Å². The van der Waals surface area contributed by atoms with Gasteiger partial charge in [-0.2, -0.15) is 0 Å². The van der Waals surface area contributed by atoms with Gasteiger partial charge in [-0.3, -0.25) is 18.9 Å². The van der Waals surface area contributed by atoms with Crippen molar-refractivity contribution in [3.05, 3.63) is 45.2 Å². The normalized spacial score (nSPS) is 26.7. The molecule has 1 amide bonds. The van der Waals surface area contributed by atoms with E-state index in [0.29, 0.717) is 66.9 Å². The first kappa shape index (κ1) is 24.0. The van der Waals surface area contributed by atoms with Crippen molar-refractivity contribution in [2.24, 2.45) is 0 Å². The lowest BCUT2D eigenvalue weighted by Crippen LogP contribution is -2.46. The number of ether oxygens (including phenoxy) is 2. The van der Waals surface area contributed by atoms with E-state index in [1.54, 1.807) is 24.4 Å². The second kappa shape index (κ2) is 8.91. The summed E-state index contributed by atoms with van der Waals surface area (Å²) in [4.78, 5) is 35.4. The average Bonchev–Trinajstić information content (AvgIpc) is 3.53. The minimum absolute atomic E-state index is 0.0394. The second-order valence-electron chi connectivity index (χ2n) is 9.29. The van der Waals surface area contributed by atoms with Crippen LogP contribution in [0.3, 0.4) is 0 Å². The molecule has 0 radical (unpaired) electrons. The van der Waals surface area contributed by atoms with Crippen molar-refractivity contribution in [1.82, 2.24) is 14.3 Å². The fraction of sp³-hybridized carbons (Fsp3) is 0.478. The van der Waals surface area contributed by atoms with Crippen LogP contribution in [-0.4, -0.2) is 82.6 Å². The fourth-order valence-corrected chi connectivity index (χ4v) is 8.29. The van der Waals surface area contributed by atoms with Crippen molar-refractivity contribution in [3.63, 3.8) is 0 Å². The number of rotatable bonds is 3. The highest BCUT2D eigenvalue weighted by Gasteiger charge is 2.43. The Morgan fingerprint density at radius 2 is 1.92 bits per heavy atom. The van der Waals surface area contributed by atoms with Crippen LogP contribution < -0.4 is 10.5 Å². The van der Waals surface area contributed by atoms with Crippen LogP contribution in [0.15, 0.2) is 34.1 Å². The van der Waals surface area contributed by atoms with Gasteiger partial charge in [-0.15, -0.1) is 0 Å². The molecule has 1 atom stereocenters. The minimum Gasteiger partial charge on any atom is -0.355 e. The summed E-state index contributed by atoms with van der Waals surface area (Å²) < 4.78 is 37.4. The van der Waals surface area contributed by atoms with Gasteiger partial charge >= 0.3 is 0 Å². The number of fused-ring (bicyclic) bond motifs is 1. The molecule has 4 fully saturated rings. The molecule has 0 bridgehead atoms. The van der Waals surface area contributed by atoms with E-state index >= 15 is 0 Å². The van der Waals surface area contributed by atoms with Gasteiger partial charge in [0.25, 0.3) is 11.5 Å². The largest absolute Gasteiger partial charge is 0.355 e. The van der Waals surface area contributed by atoms with Crippen molar-refractivity contribution < 1.29 is 22.7 Å². The van der Waals surface area contributed by atoms with Crippen molar-refractivity contribution in [1.29, 1.82) is 0 Å². The summed E-state index contributed by atoms with van der Waals surface area (Å²) in [6, 6.07) is 4.85. The summed E-state index contributed by atoms with van der Waals surface area (Å²) >= 11 is 6.53. The van der Waals surface area contributed by atoms with E-state index in [-0.39, 0.29) is 27.9 Å². The summed E-state index contributed by atoms with van der Waals surface area (Å²) in [7, 11) is -3.19. The highest BCUT2D eigenvalue weighted by atomic mass is 32.2. The van der Waals surface area contributed by atoms with Crippen LogP contribution in [0, 0.1) is 0 Å². The molecule has 0 saturated carbocycles. The Morgan fingerprint density at radius 3 is 2.61 bits per heavy atom. The standard InChI is InChI=1S/C23H24N4O6S3/c28-20-16(13-17-21(29)27(22(34)35-17)15-4-12-36(30,31)14-15)19(24-18-3-1-2-7-26(18)20)25-8-5-23(6-9-25)32-10-11-33-23/h1-3,7,13,15H,4-6,8-12,14H2/b17-13+. The molecule has 2 aromatic rings. The van der Waals surface area contributed by atoms with Gasteiger partial charge in [-0.05, 0) is 24.6 Å². The van der Waals surface area contributed by atoms with Gasteiger partial charge in [0.1, 0.15) is 15.8 Å². The van der Waals surface area contributed by atoms with Gasteiger partial charge in [0.2, 0.25) is 0 Å². The summed E-state index contributed by atoms with van der Waals surface area (Å²) in [5, 5.41) is 0. The van der Waals surface area contributed by atoms with Crippen LogP contribution in [0.5, 0.6) is 0 Å². The number of carbonyl (C=O) groups is 1. The lowest BCUT2D eigenvalue weighted by atomic mass is 10.0. The molecule has 0 aromatic carbocycles. The topological polar surface area (TPSA) is 111 Å². The van der Waals surface area contributed by atoms with Gasteiger partial charge in [0.05, 0.1) is 41.2 Å². The summed E-state index contributed by atoms with van der Waals surface area (Å²) in [5.41, 5.74) is 0.507. The van der Waals surface area contributed by atoms with Crippen LogP contribution in [-0.2, 0) is 24.1 Å². The molecule has 190 valence electrons. The zero-order chi connectivity index (χ0) is 25.1. The highest BCUT2D eigenvalue weighted by molar-refractivity contribution is 8.26. The number of thiocarbonyl (C=S) groups is 1. The Morgan fingerprint density at radius 1 is 1.17 bits per heavy atom. The zero-order valence-corrected chi connectivity index (χ0v) is 21.7. The number of amides is 1. The third-order valence-electron chi connectivity index (χ3n) is 7.06. The van der Waals surface area contributed by atoms with Gasteiger partial charge in [-0.1, -0.05) is 30.0 Å². The van der Waals surface area contributed by atoms with Gasteiger partial charge in [0.15, 0.2) is 15.6 Å². The monoisotopic (exact) mass is 548 g/mol. The molecule has 13 heteroatoms. The van der Waals surface area contributed by atoms with E-state index in [9.17, 15) is 18.0 Å². The average molecular weight is 549 g/mol. The molecule has 10 nitrogen and oxygen atoms in total. The number of hydrogen-bond donors (Lipinski definition) is 0. The van der Waals surface area contributed by atoms with Gasteiger partial charge in [-0.25, -0.2) is 13.4 Å². The molecular weight excluding hydrogens is 524 g/mol. The Kier molecular flexibility index (Phi) is 5.95. The molecule has 6 rings (SSSR count). The predicted molar refractivity (Wildman–Crippen MR) is 140 cm³/mol. The maximum atomic E-state index is 13.6. The first-order valence-corrected chi connectivity index (χ1v) is 14.8. The number of pyridine rings is 1. The highest BCUT2D eigenvalue weighted by Crippen LogP contribution is 2.38. The maximum absolute atomic E-state index is 13.6. The van der Waals surface area contributed by atoms with Gasteiger partial charge < -0.3 is 14.4 Å². The lowest BCUT2D eigenvalue weighted by Gasteiger charge is -2.38. The molecule has 2 aromatic heterocycles. The Labute approximate surface area is 217 Å². The van der Waals surface area contributed by atoms with Crippen LogP contribution >= 0.6 is 24.0 Å². The molecule has 4 aliphatic rings. The summed E-state index contributed by atoms with van der Waals surface area (Å²) in [6.45, 7) is 2.31. The Bertz CT molecular complexity index is 1450. The van der Waals surface area contributed by atoms with E-state index in [0.717, 1.165) is 11.8 Å². The Hall–Kier alpha value is -2.32. The second-order valence-corrected chi connectivity index (χ2v) is 13.2. The summed E-state index contributed by atoms with van der Waals surface area (Å²) in [5.74, 6) is -0.518. The molecule has 6 heterocycles. The molecule has 0 N–H and O–H groups in total. The van der Waals surface area contributed by atoms with Crippen LogP contribution in [0.1, 0.15) is 24.8 Å². The smallest absolute Gasteiger partial charge is 0.267 e. The van der Waals surface area contributed by atoms with E-state index in [1.807, 2.05) is 11.0 Å². The van der Waals surface area contributed by atoms with E-state index in [4.69, 9.17) is 26.7 Å². The number of nitrogens with zero attached hydrogens (tertiary/aromatic N) is 4. The third kappa shape index (κ3) is 4.16. The van der Waals surface area contributed by atoms with E-state index in [1.165, 1.54) is 9.30 Å². The predicted octanol–water partition coefficient (Wildman–Crippen LogP) is 1.43. The number of piperidine rings is 1. The number of carbonyl (C=O) groups excluding carboxylic acids is 1. The fourth-order valence-electron chi connectivity index (χ4n) is 5.21. The molecule has 1 spiro atoms. The van der Waals surface area contributed by atoms with Crippen LogP contribution in [0.2, 0.25) is 0 Å². The zero-order valence-electron chi connectivity index (χ0n) is 19.3. The number of thioether (sulfide) groups is 1. The molecule has 1 unspecified atom stereocenters. The first-order valence-electron chi connectivity index (χ1n) is 11.8. The van der Waals surface area contributed by atoms with Crippen LogP contribution in [0.25, 0.3) is 11.7 Å². The molecular formula is C23H24N4O6S3. The lowest BCUT2D eigenvalue weighted by molar-refractivity contribution is -0.169. The molecule has 36 heavy (non-hydrogen) atoms. The van der Waals surface area contributed by atoms with Crippen LogP contribution in [0.4, 0.5) is 5.82 Å². The van der Waals surface area contributed by atoms with Crippen molar-refractivity contribution in [2.45, 2.75) is 31.1 Å². The van der Waals surface area contributed by atoms with E-state index < -0.39 is 21.7 Å². The number of sulfone groups is 1. The number of anilines is 1. The molecule has 4 saturated heterocycles. The molecule has 0 aliphatic carbocycles. The number of aromatic nitrogens is 2. The van der Waals surface area contributed by atoms with Crippen molar-refractivity contribution in [3.8, 4) is 0 Å². The van der Waals surface area contributed by atoms with Crippen molar-refractivity contribution >= 4 is 61.6 Å². The SMILES string of the molecule is O=C1/C(=C\c2c(N3CCC4(CC3)OCCO4)nc3ccccn3c2=O)SC(=S)N1C1CCS(=O)(=O)C1. The summed E-state index contributed by atoms with van der Waals surface area (Å²) in [6.07, 6.45) is 4.83.